The van der Waals surface area contributed by atoms with Crippen LogP contribution in [0.4, 0.5) is 0 Å². The standard InChI is InChI=1S/C10H19N5O.HI/c1-11-10(12-4-5-16-3)13-6-9-7-14-15(2)8-9;/h7-8H,4-6H2,1-3H3,(H2,11,12,13);1H. The first kappa shape index (κ1) is 16.2. The molecule has 0 bridgehead atoms. The molecule has 0 fully saturated rings. The second kappa shape index (κ2) is 9.23. The van der Waals surface area contributed by atoms with E-state index in [1.54, 1.807) is 18.8 Å². The number of guanidine groups is 1. The predicted octanol–water partition coefficient (Wildman–Crippen LogP) is 0.349. The average Bonchev–Trinajstić information content (AvgIpc) is 2.69. The Labute approximate surface area is 119 Å². The Morgan fingerprint density at radius 1 is 1.53 bits per heavy atom. The Morgan fingerprint density at radius 3 is 2.82 bits per heavy atom. The van der Waals surface area contributed by atoms with Gasteiger partial charge in [-0.15, -0.1) is 24.0 Å². The summed E-state index contributed by atoms with van der Waals surface area (Å²) in [6.45, 7) is 2.11. The molecule has 0 atom stereocenters. The molecule has 0 saturated heterocycles. The Morgan fingerprint density at radius 2 is 2.29 bits per heavy atom. The van der Waals surface area contributed by atoms with Crippen molar-refractivity contribution in [2.45, 2.75) is 6.54 Å². The monoisotopic (exact) mass is 353 g/mol. The summed E-state index contributed by atoms with van der Waals surface area (Å²) in [5.41, 5.74) is 1.12. The molecule has 0 aliphatic heterocycles. The molecule has 0 saturated carbocycles. The van der Waals surface area contributed by atoms with Crippen molar-refractivity contribution in [1.29, 1.82) is 0 Å². The number of aryl methyl sites for hydroxylation is 1. The topological polar surface area (TPSA) is 63.5 Å². The van der Waals surface area contributed by atoms with E-state index in [2.05, 4.69) is 20.7 Å². The first-order valence-corrected chi connectivity index (χ1v) is 5.17. The number of ether oxygens (including phenoxy) is 1. The number of hydrogen-bond donors (Lipinski definition) is 2. The van der Waals surface area contributed by atoms with Crippen LogP contribution in [0.3, 0.4) is 0 Å². The molecule has 7 heteroatoms. The number of hydrogen-bond acceptors (Lipinski definition) is 3. The van der Waals surface area contributed by atoms with E-state index < -0.39 is 0 Å². The van der Waals surface area contributed by atoms with Crippen LogP contribution in [-0.2, 0) is 18.3 Å². The fraction of sp³-hybridized carbons (Fsp3) is 0.600. The van der Waals surface area contributed by atoms with Gasteiger partial charge in [0.2, 0.25) is 0 Å². The van der Waals surface area contributed by atoms with Gasteiger partial charge in [0, 0.05) is 46.1 Å². The van der Waals surface area contributed by atoms with Crippen molar-refractivity contribution in [2.75, 3.05) is 27.3 Å². The van der Waals surface area contributed by atoms with Gasteiger partial charge in [-0.1, -0.05) is 0 Å². The third kappa shape index (κ3) is 6.47. The van der Waals surface area contributed by atoms with Crippen LogP contribution in [-0.4, -0.2) is 43.0 Å². The summed E-state index contributed by atoms with van der Waals surface area (Å²) in [4.78, 5) is 4.09. The third-order valence-corrected chi connectivity index (χ3v) is 2.04. The third-order valence-electron chi connectivity index (χ3n) is 2.04. The highest BCUT2D eigenvalue weighted by Gasteiger charge is 1.98. The lowest BCUT2D eigenvalue weighted by Gasteiger charge is -2.10. The SMILES string of the molecule is CN=C(NCCOC)NCc1cnn(C)c1.I. The normalized spacial score (nSPS) is 10.9. The van der Waals surface area contributed by atoms with Crippen LogP contribution in [0.2, 0.25) is 0 Å². The smallest absolute Gasteiger partial charge is 0.191 e. The van der Waals surface area contributed by atoms with Gasteiger partial charge in [0.05, 0.1) is 12.8 Å². The van der Waals surface area contributed by atoms with Crippen LogP contribution in [0.15, 0.2) is 17.4 Å². The minimum atomic E-state index is 0. The fourth-order valence-electron chi connectivity index (χ4n) is 1.24. The lowest BCUT2D eigenvalue weighted by atomic mass is 10.4. The molecule has 0 aromatic carbocycles. The van der Waals surface area contributed by atoms with Crippen molar-refractivity contribution in [2.24, 2.45) is 12.0 Å². The van der Waals surface area contributed by atoms with Crippen molar-refractivity contribution in [3.8, 4) is 0 Å². The molecule has 0 amide bonds. The molecule has 17 heavy (non-hydrogen) atoms. The maximum atomic E-state index is 4.94. The van der Waals surface area contributed by atoms with Crippen LogP contribution in [0.5, 0.6) is 0 Å². The number of aromatic nitrogens is 2. The molecule has 98 valence electrons. The van der Waals surface area contributed by atoms with Crippen LogP contribution in [0, 0.1) is 0 Å². The average molecular weight is 353 g/mol. The highest BCUT2D eigenvalue weighted by molar-refractivity contribution is 14.0. The largest absolute Gasteiger partial charge is 0.383 e. The maximum absolute atomic E-state index is 4.94. The number of methoxy groups -OCH3 is 1. The summed E-state index contributed by atoms with van der Waals surface area (Å²) in [6, 6.07) is 0. The number of nitrogens with zero attached hydrogens (tertiary/aromatic N) is 3. The Hall–Kier alpha value is -0.830. The van der Waals surface area contributed by atoms with Crippen molar-refractivity contribution in [3.05, 3.63) is 18.0 Å². The Balaban J connectivity index is 0.00000256. The van der Waals surface area contributed by atoms with Crippen LogP contribution in [0.1, 0.15) is 5.56 Å². The molecular formula is C10H20IN5O. The van der Waals surface area contributed by atoms with Gasteiger partial charge < -0.3 is 15.4 Å². The molecule has 1 aromatic heterocycles. The van der Waals surface area contributed by atoms with Gasteiger partial charge in [-0.05, 0) is 0 Å². The van der Waals surface area contributed by atoms with Crippen molar-refractivity contribution < 1.29 is 4.74 Å². The summed E-state index contributed by atoms with van der Waals surface area (Å²) in [5.74, 6) is 0.765. The summed E-state index contributed by atoms with van der Waals surface area (Å²) in [7, 11) is 5.31. The summed E-state index contributed by atoms with van der Waals surface area (Å²) < 4.78 is 6.72. The van der Waals surface area contributed by atoms with Crippen molar-refractivity contribution in [1.82, 2.24) is 20.4 Å². The zero-order chi connectivity index (χ0) is 11.8. The van der Waals surface area contributed by atoms with E-state index in [0.717, 1.165) is 18.1 Å². The zero-order valence-electron chi connectivity index (χ0n) is 10.4. The van der Waals surface area contributed by atoms with Gasteiger partial charge >= 0.3 is 0 Å². The second-order valence-electron chi connectivity index (χ2n) is 3.37. The molecule has 6 nitrogen and oxygen atoms in total. The minimum absolute atomic E-state index is 0. The van der Waals surface area contributed by atoms with E-state index in [0.29, 0.717) is 13.2 Å². The molecule has 0 aliphatic carbocycles. The molecule has 0 aliphatic rings. The lowest BCUT2D eigenvalue weighted by molar-refractivity contribution is 0.203. The van der Waals surface area contributed by atoms with E-state index in [1.165, 1.54) is 0 Å². The van der Waals surface area contributed by atoms with E-state index >= 15 is 0 Å². The highest BCUT2D eigenvalue weighted by Crippen LogP contribution is 1.94. The van der Waals surface area contributed by atoms with Crippen molar-refractivity contribution >= 4 is 29.9 Å². The Bertz CT molecular complexity index is 339. The molecule has 1 aromatic rings. The number of rotatable bonds is 5. The summed E-state index contributed by atoms with van der Waals surface area (Å²) >= 11 is 0. The first-order valence-electron chi connectivity index (χ1n) is 5.17. The Kier molecular flexibility index (Phi) is 8.78. The molecule has 1 rings (SSSR count). The first-order chi connectivity index (χ1) is 7.76. The zero-order valence-corrected chi connectivity index (χ0v) is 12.8. The highest BCUT2D eigenvalue weighted by atomic mass is 127. The quantitative estimate of drug-likeness (QED) is 0.347. The van der Waals surface area contributed by atoms with Gasteiger partial charge in [0.15, 0.2) is 5.96 Å². The molecular weight excluding hydrogens is 333 g/mol. The molecule has 1 heterocycles. The van der Waals surface area contributed by atoms with Gasteiger partial charge in [-0.3, -0.25) is 9.67 Å². The van der Waals surface area contributed by atoms with Crippen LogP contribution < -0.4 is 10.6 Å². The second-order valence-corrected chi connectivity index (χ2v) is 3.37. The number of aliphatic imine (C=N–C) groups is 1. The molecule has 0 spiro atoms. The van der Waals surface area contributed by atoms with Crippen LogP contribution >= 0.6 is 24.0 Å². The lowest BCUT2D eigenvalue weighted by Crippen LogP contribution is -2.38. The van der Waals surface area contributed by atoms with Gasteiger partial charge in [0.25, 0.3) is 0 Å². The summed E-state index contributed by atoms with van der Waals surface area (Å²) in [5, 5.41) is 10.4. The van der Waals surface area contributed by atoms with E-state index in [-0.39, 0.29) is 24.0 Å². The fourth-order valence-corrected chi connectivity index (χ4v) is 1.24. The maximum Gasteiger partial charge on any atom is 0.191 e. The predicted molar refractivity (Wildman–Crippen MR) is 78.7 cm³/mol. The number of nitrogens with one attached hydrogen (secondary N) is 2. The minimum Gasteiger partial charge on any atom is -0.383 e. The van der Waals surface area contributed by atoms with Gasteiger partial charge in [0.1, 0.15) is 0 Å². The van der Waals surface area contributed by atoms with Crippen molar-refractivity contribution in [3.63, 3.8) is 0 Å². The van der Waals surface area contributed by atoms with Crippen LogP contribution in [0.25, 0.3) is 0 Å². The summed E-state index contributed by atoms with van der Waals surface area (Å²) in [6.07, 6.45) is 3.80. The van der Waals surface area contributed by atoms with Gasteiger partial charge in [-0.2, -0.15) is 5.10 Å². The molecule has 2 N–H and O–H groups in total. The van der Waals surface area contributed by atoms with E-state index in [9.17, 15) is 0 Å². The molecule has 0 unspecified atom stereocenters. The number of halogens is 1. The van der Waals surface area contributed by atoms with Gasteiger partial charge in [-0.25, -0.2) is 0 Å². The van der Waals surface area contributed by atoms with E-state index in [1.807, 2.05) is 19.4 Å². The molecule has 0 radical (unpaired) electrons. The van der Waals surface area contributed by atoms with E-state index in [4.69, 9.17) is 4.74 Å².